The molecule has 3 heterocycles. The molecule has 6 rings (SSSR count). The van der Waals surface area contributed by atoms with Gasteiger partial charge in [-0.15, -0.1) is 10.2 Å². The Morgan fingerprint density at radius 2 is 1.65 bits per heavy atom. The number of hydrogen-bond donors (Lipinski definition) is 0. The van der Waals surface area contributed by atoms with Crippen molar-refractivity contribution in [2.45, 2.75) is 36.7 Å². The van der Waals surface area contributed by atoms with Crippen molar-refractivity contribution in [3.05, 3.63) is 85.1 Å². The highest BCUT2D eigenvalue weighted by molar-refractivity contribution is 7.99. The lowest BCUT2D eigenvalue weighted by atomic mass is 9.99. The van der Waals surface area contributed by atoms with Crippen LogP contribution in [-0.2, 0) is 14.8 Å². The number of hydrogen-bond acceptors (Lipinski definition) is 7. The van der Waals surface area contributed by atoms with Crippen LogP contribution in [0.25, 0.3) is 28.0 Å². The van der Waals surface area contributed by atoms with Gasteiger partial charge in [0.25, 0.3) is 10.0 Å². The number of aromatic nitrogens is 4. The number of nitrogens with zero attached hydrogens (tertiary/aromatic N) is 5. The number of likely N-dealkylation sites (tertiary alicyclic amines) is 1. The molecule has 1 saturated heterocycles. The molecule has 2 aromatic heterocycles. The lowest BCUT2D eigenvalue weighted by Crippen LogP contribution is -2.38. The zero-order chi connectivity index (χ0) is 30.0. The first-order chi connectivity index (χ1) is 20.9. The standard InChI is InChI=1S/C32H33N5O4S2/c1-3-41-25-15-13-24(14-16-25)37-31(33-34-32(37)42-22-30(38)35-19-17-23(2)18-20-35)28-21-36(29-12-8-7-11-27(28)29)43(39,40)26-9-5-4-6-10-26/h4-16,21,23H,3,17-20,22H2,1-2H3. The first kappa shape index (κ1) is 29.0. The van der Waals surface area contributed by atoms with Crippen LogP contribution in [0.5, 0.6) is 5.75 Å². The van der Waals surface area contributed by atoms with E-state index >= 15 is 0 Å². The number of fused-ring (bicyclic) bond motifs is 1. The summed E-state index contributed by atoms with van der Waals surface area (Å²) >= 11 is 1.33. The Bertz CT molecular complexity index is 1840. The van der Waals surface area contributed by atoms with Crippen molar-refractivity contribution in [2.75, 3.05) is 25.4 Å². The van der Waals surface area contributed by atoms with E-state index in [1.165, 1.54) is 15.7 Å². The lowest BCUT2D eigenvalue weighted by Gasteiger charge is -2.30. The minimum absolute atomic E-state index is 0.0743. The molecule has 0 bridgehead atoms. The number of thioether (sulfide) groups is 1. The van der Waals surface area contributed by atoms with Crippen molar-refractivity contribution in [1.82, 2.24) is 23.6 Å². The zero-order valence-electron chi connectivity index (χ0n) is 24.1. The Morgan fingerprint density at radius 1 is 0.953 bits per heavy atom. The van der Waals surface area contributed by atoms with Gasteiger partial charge >= 0.3 is 0 Å². The van der Waals surface area contributed by atoms with E-state index in [0.717, 1.165) is 42.8 Å². The molecule has 43 heavy (non-hydrogen) atoms. The van der Waals surface area contributed by atoms with E-state index in [9.17, 15) is 13.2 Å². The van der Waals surface area contributed by atoms with Gasteiger partial charge < -0.3 is 9.64 Å². The topological polar surface area (TPSA) is 99.3 Å². The second-order valence-electron chi connectivity index (χ2n) is 10.6. The highest BCUT2D eigenvalue weighted by atomic mass is 32.2. The molecule has 222 valence electrons. The van der Waals surface area contributed by atoms with E-state index in [1.807, 2.05) is 58.9 Å². The predicted octanol–water partition coefficient (Wildman–Crippen LogP) is 5.88. The summed E-state index contributed by atoms with van der Waals surface area (Å²) in [5, 5.41) is 10.3. The molecule has 0 spiro atoms. The number of carbonyl (C=O) groups excluding carboxylic acids is 1. The van der Waals surface area contributed by atoms with Crippen LogP contribution in [0.1, 0.15) is 26.7 Å². The summed E-state index contributed by atoms with van der Waals surface area (Å²) in [7, 11) is -3.89. The molecule has 0 N–H and O–H groups in total. The Kier molecular flexibility index (Phi) is 8.27. The maximum absolute atomic E-state index is 13.8. The number of rotatable bonds is 9. The summed E-state index contributed by atoms with van der Waals surface area (Å²) in [6.45, 7) is 6.24. The molecule has 5 aromatic rings. The van der Waals surface area contributed by atoms with Crippen LogP contribution < -0.4 is 4.74 Å². The zero-order valence-corrected chi connectivity index (χ0v) is 25.7. The lowest BCUT2D eigenvalue weighted by molar-refractivity contribution is -0.129. The van der Waals surface area contributed by atoms with Crippen molar-refractivity contribution in [1.29, 1.82) is 0 Å². The summed E-state index contributed by atoms with van der Waals surface area (Å²) in [5.74, 6) is 2.15. The normalized spacial score (nSPS) is 14.3. The molecular weight excluding hydrogens is 583 g/mol. The number of carbonyl (C=O) groups is 1. The summed E-state index contributed by atoms with van der Waals surface area (Å²) < 4.78 is 36.4. The number of amides is 1. The molecule has 0 radical (unpaired) electrons. The fraction of sp³-hybridized carbons (Fsp3) is 0.281. The minimum Gasteiger partial charge on any atom is -0.494 e. The smallest absolute Gasteiger partial charge is 0.268 e. The van der Waals surface area contributed by atoms with Crippen LogP contribution in [0, 0.1) is 5.92 Å². The molecule has 0 atom stereocenters. The third kappa shape index (κ3) is 5.79. The summed E-state index contributed by atoms with van der Waals surface area (Å²) in [6, 6.07) is 23.3. The first-order valence-corrected chi connectivity index (χ1v) is 16.8. The fourth-order valence-corrected chi connectivity index (χ4v) is 7.58. The minimum atomic E-state index is -3.89. The third-order valence-electron chi connectivity index (χ3n) is 7.72. The Labute approximate surface area is 255 Å². The van der Waals surface area contributed by atoms with Gasteiger partial charge in [0.1, 0.15) is 5.75 Å². The van der Waals surface area contributed by atoms with Gasteiger partial charge in [-0.3, -0.25) is 9.36 Å². The summed E-state index contributed by atoms with van der Waals surface area (Å²) in [5.41, 5.74) is 1.92. The van der Waals surface area contributed by atoms with Gasteiger partial charge in [0.2, 0.25) is 5.91 Å². The van der Waals surface area contributed by atoms with Crippen LogP contribution in [0.2, 0.25) is 0 Å². The largest absolute Gasteiger partial charge is 0.494 e. The maximum atomic E-state index is 13.8. The molecule has 3 aromatic carbocycles. The highest BCUT2D eigenvalue weighted by Crippen LogP contribution is 2.36. The van der Waals surface area contributed by atoms with Gasteiger partial charge in [-0.25, -0.2) is 12.4 Å². The average Bonchev–Trinajstić information content (AvgIpc) is 3.63. The molecular formula is C32H33N5O4S2. The average molecular weight is 616 g/mol. The number of ether oxygens (including phenoxy) is 1. The van der Waals surface area contributed by atoms with Gasteiger partial charge in [-0.05, 0) is 68.1 Å². The number of piperidine rings is 1. The fourth-order valence-electron chi connectivity index (χ4n) is 5.34. The van der Waals surface area contributed by atoms with E-state index in [4.69, 9.17) is 4.74 Å². The van der Waals surface area contributed by atoms with E-state index in [0.29, 0.717) is 34.6 Å². The predicted molar refractivity (Wildman–Crippen MR) is 168 cm³/mol. The maximum Gasteiger partial charge on any atom is 0.268 e. The monoisotopic (exact) mass is 615 g/mol. The van der Waals surface area contributed by atoms with Crippen molar-refractivity contribution in [2.24, 2.45) is 5.92 Å². The van der Waals surface area contributed by atoms with Gasteiger partial charge in [-0.1, -0.05) is 55.1 Å². The molecule has 1 amide bonds. The van der Waals surface area contributed by atoms with Crippen molar-refractivity contribution >= 4 is 38.6 Å². The summed E-state index contributed by atoms with van der Waals surface area (Å²) in [4.78, 5) is 15.2. The van der Waals surface area contributed by atoms with E-state index in [1.54, 1.807) is 42.6 Å². The van der Waals surface area contributed by atoms with Crippen LogP contribution in [0.3, 0.4) is 0 Å². The second-order valence-corrected chi connectivity index (χ2v) is 13.4. The molecule has 0 aliphatic carbocycles. The molecule has 11 heteroatoms. The molecule has 0 saturated carbocycles. The van der Waals surface area contributed by atoms with Gasteiger partial charge in [0.15, 0.2) is 11.0 Å². The van der Waals surface area contributed by atoms with Crippen molar-refractivity contribution in [3.8, 4) is 22.8 Å². The van der Waals surface area contributed by atoms with Gasteiger partial charge in [-0.2, -0.15) is 0 Å². The SMILES string of the molecule is CCOc1ccc(-n2c(SCC(=O)N3CCC(C)CC3)nnc2-c2cn(S(=O)(=O)c3ccccc3)c3ccccc23)cc1. The van der Waals surface area contributed by atoms with Crippen LogP contribution >= 0.6 is 11.8 Å². The molecule has 1 aliphatic rings. The van der Waals surface area contributed by atoms with Crippen LogP contribution in [0.15, 0.2) is 95.1 Å². The number of para-hydroxylation sites is 1. The van der Waals surface area contributed by atoms with Crippen LogP contribution in [0.4, 0.5) is 0 Å². The third-order valence-corrected chi connectivity index (χ3v) is 10.3. The Hall–Kier alpha value is -4.09. The quantitative estimate of drug-likeness (QED) is 0.191. The van der Waals surface area contributed by atoms with Gasteiger partial charge in [0, 0.05) is 35.9 Å². The Balaban J connectivity index is 1.43. The van der Waals surface area contributed by atoms with E-state index in [2.05, 4.69) is 17.1 Å². The van der Waals surface area contributed by atoms with Gasteiger partial charge in [0.05, 0.1) is 22.8 Å². The van der Waals surface area contributed by atoms with Crippen LogP contribution in [-0.4, -0.2) is 63.4 Å². The number of benzene rings is 3. The second kappa shape index (κ2) is 12.3. The molecule has 1 fully saturated rings. The van der Waals surface area contributed by atoms with Crippen molar-refractivity contribution in [3.63, 3.8) is 0 Å². The van der Waals surface area contributed by atoms with Crippen molar-refractivity contribution < 1.29 is 17.9 Å². The molecule has 9 nitrogen and oxygen atoms in total. The van der Waals surface area contributed by atoms with E-state index in [-0.39, 0.29) is 16.6 Å². The Morgan fingerprint density at radius 3 is 2.37 bits per heavy atom. The first-order valence-electron chi connectivity index (χ1n) is 14.4. The molecule has 1 aliphatic heterocycles. The summed E-state index contributed by atoms with van der Waals surface area (Å²) in [6.07, 6.45) is 3.63. The highest BCUT2D eigenvalue weighted by Gasteiger charge is 2.26. The van der Waals surface area contributed by atoms with E-state index < -0.39 is 10.0 Å². The molecule has 0 unspecified atom stereocenters.